The highest BCUT2D eigenvalue weighted by atomic mass is 79.9. The molecule has 0 spiro atoms. The van der Waals surface area contributed by atoms with Crippen molar-refractivity contribution in [2.24, 2.45) is 0 Å². The molecular formula is C12H4Br4O4. The van der Waals surface area contributed by atoms with Crippen molar-refractivity contribution in [2.45, 2.75) is 0 Å². The molecule has 0 radical (unpaired) electrons. The summed E-state index contributed by atoms with van der Waals surface area (Å²) in [5.41, 5.74) is -0.540. The molecule has 0 saturated heterocycles. The van der Waals surface area contributed by atoms with E-state index in [1.54, 1.807) is 12.1 Å². The van der Waals surface area contributed by atoms with Crippen LogP contribution in [0.2, 0.25) is 0 Å². The summed E-state index contributed by atoms with van der Waals surface area (Å²) >= 11 is 13.2. The zero-order chi connectivity index (χ0) is 15.2. The van der Waals surface area contributed by atoms with E-state index in [0.29, 0.717) is 19.7 Å². The molecule has 0 fully saturated rings. The van der Waals surface area contributed by atoms with Gasteiger partial charge in [0.2, 0.25) is 0 Å². The van der Waals surface area contributed by atoms with Gasteiger partial charge in [-0.05, 0) is 75.2 Å². The summed E-state index contributed by atoms with van der Waals surface area (Å²) in [5, 5.41) is 19.5. The summed E-state index contributed by atoms with van der Waals surface area (Å²) in [4.78, 5) is 22.8. The van der Waals surface area contributed by atoms with Gasteiger partial charge in [0.15, 0.2) is 0 Å². The summed E-state index contributed by atoms with van der Waals surface area (Å²) in [7, 11) is 0. The number of halogens is 4. The van der Waals surface area contributed by atoms with Gasteiger partial charge < -0.3 is 10.2 Å². The first kappa shape index (κ1) is 15.9. The van der Waals surface area contributed by atoms with Crippen LogP contribution in [0.25, 0.3) is 10.8 Å². The Morgan fingerprint density at radius 1 is 0.800 bits per heavy atom. The third-order valence-corrected chi connectivity index (χ3v) is 6.81. The molecule has 0 heterocycles. The Balaban J connectivity index is 3.16. The van der Waals surface area contributed by atoms with Gasteiger partial charge in [-0.15, -0.1) is 0 Å². The molecule has 2 rings (SSSR count). The van der Waals surface area contributed by atoms with E-state index in [2.05, 4.69) is 63.7 Å². The number of carboxylic acid groups (broad SMARTS) is 2. The first-order valence-corrected chi connectivity index (χ1v) is 8.19. The van der Waals surface area contributed by atoms with E-state index in [9.17, 15) is 19.8 Å². The van der Waals surface area contributed by atoms with E-state index in [0.717, 1.165) is 4.47 Å². The van der Waals surface area contributed by atoms with E-state index in [4.69, 9.17) is 0 Å². The average Bonchev–Trinajstić information content (AvgIpc) is 2.36. The fourth-order valence-electron chi connectivity index (χ4n) is 1.86. The van der Waals surface area contributed by atoms with Crippen LogP contribution in [-0.2, 0) is 0 Å². The normalized spacial score (nSPS) is 10.8. The van der Waals surface area contributed by atoms with Crippen LogP contribution in [0, 0.1) is 0 Å². The highest BCUT2D eigenvalue weighted by Crippen LogP contribution is 2.43. The minimum absolute atomic E-state index is 0.189. The van der Waals surface area contributed by atoms with Crippen LogP contribution in [-0.4, -0.2) is 22.2 Å². The molecule has 8 heteroatoms. The number of carboxylic acids is 2. The maximum Gasteiger partial charge on any atom is 0.337 e. The van der Waals surface area contributed by atoms with Gasteiger partial charge in [-0.25, -0.2) is 9.59 Å². The quantitative estimate of drug-likeness (QED) is 0.553. The molecule has 2 N–H and O–H groups in total. The summed E-state index contributed by atoms with van der Waals surface area (Å²) in [5.74, 6) is -2.61. The third-order valence-electron chi connectivity index (χ3n) is 2.67. The fraction of sp³-hybridized carbons (Fsp3) is 0. The number of benzene rings is 2. The van der Waals surface area contributed by atoms with Gasteiger partial charge >= 0.3 is 11.9 Å². The van der Waals surface area contributed by atoms with E-state index in [1.807, 2.05) is 0 Å². The van der Waals surface area contributed by atoms with Crippen LogP contribution in [0.5, 0.6) is 0 Å². The Labute approximate surface area is 146 Å². The molecule has 104 valence electrons. The summed E-state index contributed by atoms with van der Waals surface area (Å²) in [6.07, 6.45) is 0. The number of hydrogen-bond acceptors (Lipinski definition) is 2. The van der Waals surface area contributed by atoms with E-state index >= 15 is 0 Å². The van der Waals surface area contributed by atoms with Crippen LogP contribution in [0.1, 0.15) is 20.7 Å². The maximum absolute atomic E-state index is 11.5. The number of rotatable bonds is 2. The lowest BCUT2D eigenvalue weighted by Crippen LogP contribution is -2.10. The van der Waals surface area contributed by atoms with Crippen LogP contribution < -0.4 is 0 Å². The van der Waals surface area contributed by atoms with Crippen molar-refractivity contribution in [2.75, 3.05) is 0 Å². The van der Waals surface area contributed by atoms with E-state index in [-0.39, 0.29) is 15.6 Å². The number of fused-ring (bicyclic) bond motifs is 1. The number of aromatic carboxylic acids is 2. The largest absolute Gasteiger partial charge is 0.478 e. The summed E-state index contributed by atoms with van der Waals surface area (Å²) < 4.78 is 2.04. The van der Waals surface area contributed by atoms with Crippen molar-refractivity contribution in [1.82, 2.24) is 0 Å². The highest BCUT2D eigenvalue weighted by Gasteiger charge is 2.26. The maximum atomic E-state index is 11.5. The SMILES string of the molecule is O=C(O)c1c(Br)c(Br)c2c(Br)c(Br)ccc2c1C(=O)O. The standard InChI is InChI=1S/C12H4Br4O4/c13-4-2-1-3-5(11(17)18)7(12(19)20)10(16)9(15)6(3)8(4)14/h1-2H,(H,17,18)(H,19,20). The van der Waals surface area contributed by atoms with Crippen LogP contribution in [0.4, 0.5) is 0 Å². The van der Waals surface area contributed by atoms with Gasteiger partial charge in [-0.1, -0.05) is 6.07 Å². The van der Waals surface area contributed by atoms with Crippen LogP contribution in [0.15, 0.2) is 30.0 Å². The second kappa shape index (κ2) is 5.75. The molecule has 0 aliphatic rings. The Morgan fingerprint density at radius 2 is 1.35 bits per heavy atom. The molecule has 0 amide bonds. The zero-order valence-corrected chi connectivity index (χ0v) is 15.7. The number of carbonyl (C=O) groups is 2. The Morgan fingerprint density at radius 3 is 1.85 bits per heavy atom. The lowest BCUT2D eigenvalue weighted by atomic mass is 9.99. The van der Waals surface area contributed by atoms with Crippen molar-refractivity contribution in [3.05, 3.63) is 41.2 Å². The van der Waals surface area contributed by atoms with Crippen LogP contribution >= 0.6 is 63.7 Å². The minimum atomic E-state index is -1.31. The van der Waals surface area contributed by atoms with Gasteiger partial charge in [0.05, 0.1) is 11.1 Å². The monoisotopic (exact) mass is 528 g/mol. The lowest BCUT2D eigenvalue weighted by Gasteiger charge is -2.14. The van der Waals surface area contributed by atoms with Gasteiger partial charge in [0.1, 0.15) is 0 Å². The predicted molar refractivity (Wildman–Crippen MR) is 88.7 cm³/mol. The van der Waals surface area contributed by atoms with Crippen LogP contribution in [0.3, 0.4) is 0 Å². The first-order chi connectivity index (χ1) is 9.27. The lowest BCUT2D eigenvalue weighted by molar-refractivity contribution is 0.0652. The Hall–Kier alpha value is -0.440. The van der Waals surface area contributed by atoms with Gasteiger partial charge in [0, 0.05) is 23.3 Å². The highest BCUT2D eigenvalue weighted by molar-refractivity contribution is 9.13. The van der Waals surface area contributed by atoms with E-state index in [1.165, 1.54) is 0 Å². The van der Waals surface area contributed by atoms with Gasteiger partial charge in [-0.2, -0.15) is 0 Å². The molecule has 0 bridgehead atoms. The molecule has 0 saturated carbocycles. The molecule has 2 aromatic carbocycles. The minimum Gasteiger partial charge on any atom is -0.478 e. The predicted octanol–water partition coefficient (Wildman–Crippen LogP) is 5.29. The first-order valence-electron chi connectivity index (χ1n) is 5.02. The molecular weight excluding hydrogens is 528 g/mol. The fourth-order valence-corrected chi connectivity index (χ4v) is 4.18. The molecule has 0 atom stereocenters. The molecule has 4 nitrogen and oxygen atoms in total. The molecule has 0 aliphatic heterocycles. The van der Waals surface area contributed by atoms with Crippen molar-refractivity contribution < 1.29 is 19.8 Å². The van der Waals surface area contributed by atoms with Crippen molar-refractivity contribution in [1.29, 1.82) is 0 Å². The molecule has 0 aromatic heterocycles. The molecule has 0 aliphatic carbocycles. The van der Waals surface area contributed by atoms with Crippen molar-refractivity contribution >= 4 is 86.4 Å². The Bertz CT molecular complexity index is 770. The number of hydrogen-bond donors (Lipinski definition) is 2. The molecule has 2 aromatic rings. The second-order valence-corrected chi connectivity index (χ2v) is 7.01. The molecule has 0 unspecified atom stereocenters. The topological polar surface area (TPSA) is 74.6 Å². The summed E-state index contributed by atoms with van der Waals surface area (Å²) in [6.45, 7) is 0. The van der Waals surface area contributed by atoms with Gasteiger partial charge in [0.25, 0.3) is 0 Å². The second-order valence-electron chi connectivity index (χ2n) is 3.77. The smallest absolute Gasteiger partial charge is 0.337 e. The molecule has 20 heavy (non-hydrogen) atoms. The summed E-state index contributed by atoms with van der Waals surface area (Å²) in [6, 6.07) is 3.22. The average molecular weight is 532 g/mol. The zero-order valence-electron chi connectivity index (χ0n) is 9.38. The van der Waals surface area contributed by atoms with E-state index < -0.39 is 11.9 Å². The van der Waals surface area contributed by atoms with Crippen molar-refractivity contribution in [3.63, 3.8) is 0 Å². The van der Waals surface area contributed by atoms with Gasteiger partial charge in [-0.3, -0.25) is 0 Å². The Kier molecular flexibility index (Phi) is 4.58. The third kappa shape index (κ3) is 2.43. The van der Waals surface area contributed by atoms with Crippen molar-refractivity contribution in [3.8, 4) is 0 Å².